The van der Waals surface area contributed by atoms with Crippen molar-refractivity contribution in [1.29, 1.82) is 0 Å². The number of likely N-dealkylation sites (tertiary alicyclic amines) is 1. The Morgan fingerprint density at radius 2 is 1.96 bits per heavy atom. The fraction of sp³-hybridized carbons (Fsp3) is 0.611. The van der Waals surface area contributed by atoms with Crippen molar-refractivity contribution in [3.8, 4) is 0 Å². The highest BCUT2D eigenvalue weighted by atomic mass is 32.2. The lowest BCUT2D eigenvalue weighted by molar-refractivity contribution is 0.0263. The van der Waals surface area contributed by atoms with Crippen molar-refractivity contribution in [1.82, 2.24) is 10.2 Å². The zero-order valence-corrected chi connectivity index (χ0v) is 16.7. The van der Waals surface area contributed by atoms with Gasteiger partial charge in [0.2, 0.25) is 10.0 Å². The summed E-state index contributed by atoms with van der Waals surface area (Å²) in [5, 5.41) is 3.33. The van der Waals surface area contributed by atoms with E-state index in [-0.39, 0.29) is 0 Å². The molecule has 1 aliphatic heterocycles. The second-order valence-electron chi connectivity index (χ2n) is 6.34. The van der Waals surface area contributed by atoms with Crippen LogP contribution in [0.1, 0.15) is 32.3 Å². The number of benzene rings is 1. The lowest BCUT2D eigenvalue weighted by atomic mass is 10.1. The molecule has 1 fully saturated rings. The molecule has 1 aromatic carbocycles. The van der Waals surface area contributed by atoms with Crippen molar-refractivity contribution < 1.29 is 13.2 Å². The van der Waals surface area contributed by atoms with Gasteiger partial charge < -0.3 is 15.0 Å². The van der Waals surface area contributed by atoms with Gasteiger partial charge >= 0.3 is 0 Å². The molecule has 0 bridgehead atoms. The van der Waals surface area contributed by atoms with Crippen molar-refractivity contribution in [2.24, 2.45) is 4.99 Å². The predicted molar refractivity (Wildman–Crippen MR) is 106 cm³/mol. The first-order valence-corrected chi connectivity index (χ1v) is 11.0. The molecule has 1 aromatic rings. The van der Waals surface area contributed by atoms with Gasteiger partial charge in [-0.05, 0) is 38.3 Å². The minimum atomic E-state index is -3.32. The highest BCUT2D eigenvalue weighted by Crippen LogP contribution is 2.18. The molecular weight excluding hydrogens is 352 g/mol. The Morgan fingerprint density at radius 1 is 1.27 bits per heavy atom. The van der Waals surface area contributed by atoms with Crippen molar-refractivity contribution in [3.63, 3.8) is 0 Å². The van der Waals surface area contributed by atoms with E-state index in [1.807, 2.05) is 32.0 Å². The number of hydrogen-bond acceptors (Lipinski definition) is 4. The van der Waals surface area contributed by atoms with E-state index >= 15 is 0 Å². The van der Waals surface area contributed by atoms with Crippen LogP contribution in [0.3, 0.4) is 0 Å². The summed E-state index contributed by atoms with van der Waals surface area (Å²) in [6, 6.07) is 7.34. The highest BCUT2D eigenvalue weighted by Gasteiger charge is 2.21. The van der Waals surface area contributed by atoms with Gasteiger partial charge in [0.1, 0.15) is 0 Å². The fourth-order valence-electron chi connectivity index (χ4n) is 3.01. The molecule has 0 saturated carbocycles. The number of rotatable bonds is 7. The van der Waals surface area contributed by atoms with Crippen molar-refractivity contribution in [3.05, 3.63) is 29.8 Å². The normalized spacial score (nSPS) is 16.6. The van der Waals surface area contributed by atoms with E-state index in [0.29, 0.717) is 18.3 Å². The van der Waals surface area contributed by atoms with E-state index in [9.17, 15) is 8.42 Å². The zero-order chi connectivity index (χ0) is 19.0. The molecule has 2 rings (SSSR count). The van der Waals surface area contributed by atoms with Crippen LogP contribution in [0.4, 0.5) is 5.69 Å². The van der Waals surface area contributed by atoms with E-state index in [0.717, 1.165) is 56.9 Å². The molecule has 1 saturated heterocycles. The number of guanidine groups is 1. The van der Waals surface area contributed by atoms with Crippen LogP contribution in [-0.4, -0.2) is 57.9 Å². The maximum atomic E-state index is 11.5. The number of aliphatic imine (C=N–C) groups is 1. The third-order valence-electron chi connectivity index (χ3n) is 4.19. The maximum absolute atomic E-state index is 11.5. The first kappa shape index (κ1) is 20.5. The number of sulfonamides is 1. The van der Waals surface area contributed by atoms with Gasteiger partial charge in [0, 0.05) is 26.2 Å². The number of hydrogen-bond donors (Lipinski definition) is 2. The first-order chi connectivity index (χ1) is 12.4. The molecule has 0 amide bonds. The van der Waals surface area contributed by atoms with Gasteiger partial charge in [0.05, 0.1) is 24.6 Å². The van der Waals surface area contributed by atoms with Gasteiger partial charge in [-0.15, -0.1) is 0 Å². The monoisotopic (exact) mass is 382 g/mol. The average Bonchev–Trinajstić information content (AvgIpc) is 2.59. The van der Waals surface area contributed by atoms with E-state index in [1.54, 1.807) is 6.07 Å². The van der Waals surface area contributed by atoms with Crippen LogP contribution in [0.25, 0.3) is 0 Å². The van der Waals surface area contributed by atoms with Crippen LogP contribution in [0.15, 0.2) is 29.3 Å². The van der Waals surface area contributed by atoms with E-state index < -0.39 is 10.0 Å². The summed E-state index contributed by atoms with van der Waals surface area (Å²) in [6.07, 6.45) is 3.47. The molecular formula is C18H30N4O3S. The fourth-order valence-corrected chi connectivity index (χ4v) is 3.61. The molecule has 146 valence electrons. The second kappa shape index (κ2) is 9.78. The predicted octanol–water partition coefficient (Wildman–Crippen LogP) is 2.02. The quantitative estimate of drug-likeness (QED) is 0.557. The third-order valence-corrected chi connectivity index (χ3v) is 4.78. The third kappa shape index (κ3) is 6.49. The van der Waals surface area contributed by atoms with Crippen molar-refractivity contribution >= 4 is 21.7 Å². The smallest absolute Gasteiger partial charge is 0.229 e. The largest absolute Gasteiger partial charge is 0.378 e. The van der Waals surface area contributed by atoms with E-state index in [2.05, 4.69) is 14.9 Å². The molecule has 1 heterocycles. The maximum Gasteiger partial charge on any atom is 0.229 e. The Morgan fingerprint density at radius 3 is 2.58 bits per heavy atom. The second-order valence-corrected chi connectivity index (χ2v) is 8.09. The van der Waals surface area contributed by atoms with E-state index in [1.165, 1.54) is 0 Å². The summed E-state index contributed by atoms with van der Waals surface area (Å²) in [4.78, 5) is 6.97. The van der Waals surface area contributed by atoms with Gasteiger partial charge in [0.25, 0.3) is 0 Å². The molecule has 2 N–H and O–H groups in total. The molecule has 0 unspecified atom stereocenters. The summed E-state index contributed by atoms with van der Waals surface area (Å²) >= 11 is 0. The van der Waals surface area contributed by atoms with Gasteiger partial charge in [-0.3, -0.25) is 4.72 Å². The highest BCUT2D eigenvalue weighted by molar-refractivity contribution is 7.92. The number of piperidine rings is 1. The summed E-state index contributed by atoms with van der Waals surface area (Å²) in [5.41, 5.74) is 1.42. The van der Waals surface area contributed by atoms with Crippen molar-refractivity contribution in [2.75, 3.05) is 37.2 Å². The lowest BCUT2D eigenvalue weighted by Gasteiger charge is -2.34. The van der Waals surface area contributed by atoms with Gasteiger partial charge in [-0.25, -0.2) is 13.4 Å². The standard InChI is InChI=1S/C18H30N4O3S/c1-4-19-18(22-12-10-16(11-13-22)25-5-2)20-14-15-8-6-7-9-17(15)21-26(3,23)24/h6-9,16,21H,4-5,10-14H2,1-3H3,(H,19,20). The number of para-hydroxylation sites is 1. The number of nitrogens with one attached hydrogen (secondary N) is 2. The van der Waals surface area contributed by atoms with Crippen LogP contribution < -0.4 is 10.0 Å². The Bertz CT molecular complexity index is 698. The molecule has 0 radical (unpaired) electrons. The number of nitrogens with zero attached hydrogens (tertiary/aromatic N) is 2. The lowest BCUT2D eigenvalue weighted by Crippen LogP contribution is -2.47. The SMILES string of the molecule is CCNC(=NCc1ccccc1NS(C)(=O)=O)N1CCC(OCC)CC1. The van der Waals surface area contributed by atoms with Gasteiger partial charge in [-0.1, -0.05) is 18.2 Å². The molecule has 1 aliphatic rings. The topological polar surface area (TPSA) is 83.0 Å². The summed E-state index contributed by atoms with van der Waals surface area (Å²) in [5.74, 6) is 0.858. The van der Waals surface area contributed by atoms with Gasteiger partial charge in [-0.2, -0.15) is 0 Å². The minimum Gasteiger partial charge on any atom is -0.378 e. The van der Waals surface area contributed by atoms with Crippen LogP contribution in [-0.2, 0) is 21.3 Å². The van der Waals surface area contributed by atoms with Crippen LogP contribution >= 0.6 is 0 Å². The summed E-state index contributed by atoms with van der Waals surface area (Å²) in [7, 11) is -3.32. The average molecular weight is 383 g/mol. The Kier molecular flexibility index (Phi) is 7.71. The van der Waals surface area contributed by atoms with Crippen LogP contribution in [0.2, 0.25) is 0 Å². The molecule has 26 heavy (non-hydrogen) atoms. The van der Waals surface area contributed by atoms with Crippen LogP contribution in [0, 0.1) is 0 Å². The number of anilines is 1. The Balaban J connectivity index is 2.08. The molecule has 8 heteroatoms. The van der Waals surface area contributed by atoms with Gasteiger partial charge in [0.15, 0.2) is 5.96 Å². The number of ether oxygens (including phenoxy) is 1. The first-order valence-electron chi connectivity index (χ1n) is 9.13. The Hall–Kier alpha value is -1.80. The molecule has 0 aliphatic carbocycles. The zero-order valence-electron chi connectivity index (χ0n) is 15.9. The van der Waals surface area contributed by atoms with Crippen molar-refractivity contribution in [2.45, 2.75) is 39.3 Å². The van der Waals surface area contributed by atoms with Crippen LogP contribution in [0.5, 0.6) is 0 Å². The molecule has 0 spiro atoms. The summed E-state index contributed by atoms with van der Waals surface area (Å²) in [6.45, 7) is 7.82. The molecule has 0 atom stereocenters. The van der Waals surface area contributed by atoms with E-state index in [4.69, 9.17) is 9.73 Å². The molecule has 0 aromatic heterocycles. The Labute approximate surface area is 156 Å². The summed E-state index contributed by atoms with van der Waals surface area (Å²) < 4.78 is 31.4. The minimum absolute atomic E-state index is 0.332. The molecule has 7 nitrogen and oxygen atoms in total.